The van der Waals surface area contributed by atoms with Gasteiger partial charge < -0.3 is 19.4 Å². The minimum Gasteiger partial charge on any atom is -0.396 e. The fourth-order valence-electron chi connectivity index (χ4n) is 4.02. The van der Waals surface area contributed by atoms with Gasteiger partial charge in [0.1, 0.15) is 11.3 Å². The number of likely N-dealkylation sites (tertiary alicyclic amines) is 1. The van der Waals surface area contributed by atoms with Gasteiger partial charge in [0, 0.05) is 38.9 Å². The van der Waals surface area contributed by atoms with E-state index < -0.39 is 5.54 Å². The van der Waals surface area contributed by atoms with Crippen molar-refractivity contribution in [1.29, 1.82) is 0 Å². The summed E-state index contributed by atoms with van der Waals surface area (Å²) in [4.78, 5) is 43.3. The molecule has 0 saturated carbocycles. The minimum atomic E-state index is -0.909. The van der Waals surface area contributed by atoms with Crippen molar-refractivity contribution in [2.45, 2.75) is 45.6 Å². The molecule has 9 nitrogen and oxygen atoms in total. The predicted octanol–water partition coefficient (Wildman–Crippen LogP) is 1.26. The highest BCUT2D eigenvalue weighted by molar-refractivity contribution is 6.07. The van der Waals surface area contributed by atoms with Crippen LogP contribution >= 0.6 is 0 Å². The summed E-state index contributed by atoms with van der Waals surface area (Å²) in [7, 11) is 0. The third kappa shape index (κ3) is 3.50. The van der Waals surface area contributed by atoms with Crippen molar-refractivity contribution in [2.75, 3.05) is 32.8 Å². The molecule has 2 saturated heterocycles. The van der Waals surface area contributed by atoms with Crippen molar-refractivity contribution in [2.24, 2.45) is 5.92 Å². The summed E-state index contributed by atoms with van der Waals surface area (Å²) in [5.74, 6) is 0.340. The van der Waals surface area contributed by atoms with Gasteiger partial charge in [0.05, 0.1) is 0 Å². The number of carbonyl (C=O) groups is 3. The molecular formula is C19H28N4O5. The van der Waals surface area contributed by atoms with E-state index in [4.69, 9.17) is 9.63 Å². The van der Waals surface area contributed by atoms with E-state index >= 15 is 0 Å². The van der Waals surface area contributed by atoms with Crippen molar-refractivity contribution in [3.63, 3.8) is 0 Å². The molecule has 4 amide bonds. The van der Waals surface area contributed by atoms with Gasteiger partial charge in [0.25, 0.3) is 11.8 Å². The Hall–Kier alpha value is -2.42. The van der Waals surface area contributed by atoms with Crippen LogP contribution in [0.5, 0.6) is 0 Å². The number of aliphatic hydroxyl groups excluding tert-OH is 1. The van der Waals surface area contributed by atoms with E-state index in [9.17, 15) is 14.4 Å². The molecule has 0 unspecified atom stereocenters. The highest BCUT2D eigenvalue weighted by Gasteiger charge is 2.58. The largest absolute Gasteiger partial charge is 0.396 e. The molecule has 3 heterocycles. The SMILES string of the molecule is Cc1cc(C(=O)N2CCC3(CC2)C(=O)N(CCCO)C(=O)N3CC(C)C)no1. The number of aromatic nitrogens is 1. The second-order valence-electron chi connectivity index (χ2n) is 7.97. The van der Waals surface area contributed by atoms with Gasteiger partial charge in [-0.3, -0.25) is 14.5 Å². The summed E-state index contributed by atoms with van der Waals surface area (Å²) in [6, 6.07) is 1.30. The number of hydrogen-bond acceptors (Lipinski definition) is 6. The number of imide groups is 1. The van der Waals surface area contributed by atoms with Crippen LogP contribution in [-0.4, -0.2) is 81.1 Å². The van der Waals surface area contributed by atoms with Gasteiger partial charge in [-0.2, -0.15) is 0 Å². The number of aliphatic hydroxyl groups is 1. The lowest BCUT2D eigenvalue weighted by molar-refractivity contribution is -0.135. The zero-order chi connectivity index (χ0) is 20.5. The van der Waals surface area contributed by atoms with Crippen LogP contribution in [0.15, 0.2) is 10.6 Å². The second-order valence-corrected chi connectivity index (χ2v) is 7.97. The number of piperidine rings is 1. The number of aryl methyl sites for hydroxylation is 1. The molecule has 1 aromatic rings. The number of hydrogen-bond donors (Lipinski definition) is 1. The van der Waals surface area contributed by atoms with Gasteiger partial charge in [0.15, 0.2) is 5.69 Å². The Labute approximate surface area is 164 Å². The summed E-state index contributed by atoms with van der Waals surface area (Å²) in [6.45, 7) is 7.09. The maximum Gasteiger partial charge on any atom is 0.327 e. The lowest BCUT2D eigenvalue weighted by atomic mass is 9.85. The molecule has 2 aliphatic rings. The Morgan fingerprint density at radius 1 is 1.32 bits per heavy atom. The molecule has 154 valence electrons. The molecule has 2 aliphatic heterocycles. The summed E-state index contributed by atoms with van der Waals surface area (Å²) in [6.07, 6.45) is 1.14. The smallest absolute Gasteiger partial charge is 0.327 e. The molecule has 0 radical (unpaired) electrons. The van der Waals surface area contributed by atoms with E-state index in [0.717, 1.165) is 0 Å². The van der Waals surface area contributed by atoms with Crippen molar-refractivity contribution in [3.8, 4) is 0 Å². The van der Waals surface area contributed by atoms with Crippen LogP contribution in [0.3, 0.4) is 0 Å². The average molecular weight is 392 g/mol. The van der Waals surface area contributed by atoms with Gasteiger partial charge in [-0.1, -0.05) is 19.0 Å². The van der Waals surface area contributed by atoms with Gasteiger partial charge in [-0.15, -0.1) is 0 Å². The first kappa shape index (κ1) is 20.3. The molecule has 1 aromatic heterocycles. The summed E-state index contributed by atoms with van der Waals surface area (Å²) < 4.78 is 4.98. The quantitative estimate of drug-likeness (QED) is 0.731. The lowest BCUT2D eigenvalue weighted by Crippen LogP contribution is -2.58. The van der Waals surface area contributed by atoms with Crippen LogP contribution in [0, 0.1) is 12.8 Å². The van der Waals surface area contributed by atoms with E-state index in [0.29, 0.717) is 44.7 Å². The maximum atomic E-state index is 13.2. The van der Waals surface area contributed by atoms with E-state index in [2.05, 4.69) is 5.16 Å². The van der Waals surface area contributed by atoms with Gasteiger partial charge in [-0.25, -0.2) is 4.79 Å². The molecular weight excluding hydrogens is 364 g/mol. The summed E-state index contributed by atoms with van der Waals surface area (Å²) in [5.41, 5.74) is -0.654. The Bertz CT molecular complexity index is 751. The standard InChI is InChI=1S/C19H28N4O5/c1-13(2)12-23-18(27)22(7-4-10-24)17(26)19(23)5-8-21(9-6-19)16(25)15-11-14(3)28-20-15/h11,13,24H,4-10,12H2,1-3H3. The first-order valence-electron chi connectivity index (χ1n) is 9.77. The number of amides is 4. The normalized spacial score (nSPS) is 19.4. The molecule has 3 rings (SSSR count). The molecule has 0 aromatic carbocycles. The van der Waals surface area contributed by atoms with Gasteiger partial charge >= 0.3 is 6.03 Å². The highest BCUT2D eigenvalue weighted by atomic mass is 16.5. The number of urea groups is 1. The topological polar surface area (TPSA) is 107 Å². The molecule has 1 spiro atoms. The van der Waals surface area contributed by atoms with Crippen LogP contribution in [0.4, 0.5) is 4.79 Å². The molecule has 0 bridgehead atoms. The highest BCUT2D eigenvalue weighted by Crippen LogP contribution is 2.38. The zero-order valence-electron chi connectivity index (χ0n) is 16.7. The molecule has 28 heavy (non-hydrogen) atoms. The molecule has 0 aliphatic carbocycles. The van der Waals surface area contributed by atoms with Crippen molar-refractivity contribution in [3.05, 3.63) is 17.5 Å². The molecule has 0 atom stereocenters. The Morgan fingerprint density at radius 3 is 2.54 bits per heavy atom. The average Bonchev–Trinajstić information content (AvgIpc) is 3.17. The Morgan fingerprint density at radius 2 is 2.00 bits per heavy atom. The van der Waals surface area contributed by atoms with Gasteiger partial charge in [-0.05, 0) is 32.1 Å². The monoisotopic (exact) mass is 392 g/mol. The molecule has 1 N–H and O–H groups in total. The first-order valence-corrected chi connectivity index (χ1v) is 9.77. The zero-order valence-corrected chi connectivity index (χ0v) is 16.7. The number of nitrogens with zero attached hydrogens (tertiary/aromatic N) is 4. The molecule has 9 heteroatoms. The summed E-state index contributed by atoms with van der Waals surface area (Å²) in [5, 5.41) is 12.9. The second kappa shape index (κ2) is 7.90. The summed E-state index contributed by atoms with van der Waals surface area (Å²) >= 11 is 0. The van der Waals surface area contributed by atoms with Crippen molar-refractivity contribution < 1.29 is 24.0 Å². The van der Waals surface area contributed by atoms with Crippen LogP contribution in [0.25, 0.3) is 0 Å². The number of rotatable bonds is 6. The van der Waals surface area contributed by atoms with E-state index in [-0.39, 0.29) is 42.6 Å². The lowest BCUT2D eigenvalue weighted by Gasteiger charge is -2.42. The van der Waals surface area contributed by atoms with Crippen LogP contribution in [-0.2, 0) is 4.79 Å². The van der Waals surface area contributed by atoms with E-state index in [1.54, 1.807) is 22.8 Å². The van der Waals surface area contributed by atoms with Crippen molar-refractivity contribution >= 4 is 17.8 Å². The Balaban J connectivity index is 1.78. The van der Waals surface area contributed by atoms with Crippen molar-refractivity contribution in [1.82, 2.24) is 19.9 Å². The fraction of sp³-hybridized carbons (Fsp3) is 0.684. The number of carbonyl (C=O) groups excluding carboxylic acids is 3. The Kier molecular flexibility index (Phi) is 5.74. The van der Waals surface area contributed by atoms with Crippen LogP contribution in [0.2, 0.25) is 0 Å². The third-order valence-corrected chi connectivity index (χ3v) is 5.43. The van der Waals surface area contributed by atoms with E-state index in [1.165, 1.54) is 4.90 Å². The molecule has 2 fully saturated rings. The van der Waals surface area contributed by atoms with Crippen LogP contribution in [0.1, 0.15) is 49.4 Å². The first-order chi connectivity index (χ1) is 13.3. The predicted molar refractivity (Wildman–Crippen MR) is 99.5 cm³/mol. The van der Waals surface area contributed by atoms with Crippen LogP contribution < -0.4 is 0 Å². The maximum absolute atomic E-state index is 13.2. The van der Waals surface area contributed by atoms with E-state index in [1.807, 2.05) is 13.8 Å². The fourth-order valence-corrected chi connectivity index (χ4v) is 4.02. The minimum absolute atomic E-state index is 0.0758. The third-order valence-electron chi connectivity index (χ3n) is 5.43. The van der Waals surface area contributed by atoms with Gasteiger partial charge in [0.2, 0.25) is 0 Å².